The summed E-state index contributed by atoms with van der Waals surface area (Å²) in [6.07, 6.45) is 1.97. The number of hydrogen-bond acceptors (Lipinski definition) is 4. The van der Waals surface area contributed by atoms with Crippen LogP contribution >= 0.6 is 11.6 Å². The van der Waals surface area contributed by atoms with Crippen LogP contribution in [0.3, 0.4) is 0 Å². The summed E-state index contributed by atoms with van der Waals surface area (Å²) >= 11 is 5.64. The summed E-state index contributed by atoms with van der Waals surface area (Å²) in [6.45, 7) is 4.11. The van der Waals surface area contributed by atoms with Crippen molar-refractivity contribution in [2.24, 2.45) is 0 Å². The summed E-state index contributed by atoms with van der Waals surface area (Å²) in [7, 11) is -3.97. The number of rotatable bonds is 5. The standard InChI is InChI=1S/C13H19ClFN3O2S/c1-2-18-5-3-4-10(18)8-17-21(19,20)12-7-9(16)6-11(14)13(12)15/h6-7,10,17H,2-5,8,16H2,1H3. The summed E-state index contributed by atoms with van der Waals surface area (Å²) in [5.74, 6) is -0.975. The minimum Gasteiger partial charge on any atom is -0.399 e. The van der Waals surface area contributed by atoms with E-state index < -0.39 is 20.7 Å². The van der Waals surface area contributed by atoms with Gasteiger partial charge in [0.1, 0.15) is 4.90 Å². The normalized spacial score (nSPS) is 20.0. The van der Waals surface area contributed by atoms with Crippen LogP contribution in [0.1, 0.15) is 19.8 Å². The van der Waals surface area contributed by atoms with Crippen LogP contribution in [-0.2, 0) is 10.0 Å². The minimum absolute atomic E-state index is 0.109. The van der Waals surface area contributed by atoms with Gasteiger partial charge in [-0.1, -0.05) is 18.5 Å². The monoisotopic (exact) mass is 335 g/mol. The third kappa shape index (κ3) is 3.66. The maximum Gasteiger partial charge on any atom is 0.243 e. The fraction of sp³-hybridized carbons (Fsp3) is 0.538. The number of hydrogen-bond donors (Lipinski definition) is 2. The number of sulfonamides is 1. The van der Waals surface area contributed by atoms with Crippen molar-refractivity contribution in [1.29, 1.82) is 0 Å². The summed E-state index contributed by atoms with van der Waals surface area (Å²) in [5, 5.41) is -0.300. The van der Waals surface area contributed by atoms with Crippen LogP contribution in [0.15, 0.2) is 17.0 Å². The number of nitrogens with one attached hydrogen (secondary N) is 1. The highest BCUT2D eigenvalue weighted by molar-refractivity contribution is 7.89. The maximum atomic E-state index is 13.9. The number of nitrogen functional groups attached to an aromatic ring is 1. The largest absolute Gasteiger partial charge is 0.399 e. The summed E-state index contributed by atoms with van der Waals surface area (Å²) in [6, 6.07) is 2.41. The molecule has 1 saturated heterocycles. The molecule has 0 saturated carbocycles. The molecule has 0 spiro atoms. The number of nitrogens with zero attached hydrogens (tertiary/aromatic N) is 1. The first kappa shape index (κ1) is 16.5. The van der Waals surface area contributed by atoms with E-state index in [-0.39, 0.29) is 23.3 Å². The van der Waals surface area contributed by atoms with E-state index in [0.29, 0.717) is 0 Å². The second-order valence-electron chi connectivity index (χ2n) is 5.09. The summed E-state index contributed by atoms with van der Waals surface area (Å²) in [5.41, 5.74) is 5.64. The number of halogens is 2. The fourth-order valence-electron chi connectivity index (χ4n) is 2.61. The molecular weight excluding hydrogens is 317 g/mol. The van der Waals surface area contributed by atoms with Gasteiger partial charge in [0, 0.05) is 18.3 Å². The van der Waals surface area contributed by atoms with E-state index in [1.807, 2.05) is 6.92 Å². The lowest BCUT2D eigenvalue weighted by atomic mass is 10.2. The Hall–Kier alpha value is -0.890. The van der Waals surface area contributed by atoms with E-state index >= 15 is 0 Å². The van der Waals surface area contributed by atoms with Gasteiger partial charge in [-0.25, -0.2) is 17.5 Å². The molecule has 3 N–H and O–H groups in total. The lowest BCUT2D eigenvalue weighted by Crippen LogP contribution is -2.40. The molecule has 118 valence electrons. The van der Waals surface area contributed by atoms with Crippen molar-refractivity contribution >= 4 is 27.3 Å². The number of benzene rings is 1. The molecule has 1 unspecified atom stereocenters. The molecule has 5 nitrogen and oxygen atoms in total. The van der Waals surface area contributed by atoms with Crippen molar-refractivity contribution in [2.45, 2.75) is 30.7 Å². The number of likely N-dealkylation sites (tertiary alicyclic amines) is 1. The highest BCUT2D eigenvalue weighted by Crippen LogP contribution is 2.26. The van der Waals surface area contributed by atoms with Gasteiger partial charge in [-0.15, -0.1) is 0 Å². The molecule has 21 heavy (non-hydrogen) atoms. The Labute approximate surface area is 129 Å². The van der Waals surface area contributed by atoms with E-state index in [2.05, 4.69) is 9.62 Å². The molecule has 2 rings (SSSR count). The molecule has 1 aromatic carbocycles. The van der Waals surface area contributed by atoms with E-state index in [9.17, 15) is 12.8 Å². The van der Waals surface area contributed by atoms with Gasteiger partial charge in [-0.2, -0.15) is 0 Å². The van der Waals surface area contributed by atoms with Crippen LogP contribution in [0.25, 0.3) is 0 Å². The zero-order valence-corrected chi connectivity index (χ0v) is 13.3. The fourth-order valence-corrected chi connectivity index (χ4v) is 4.09. The highest BCUT2D eigenvalue weighted by Gasteiger charge is 2.27. The zero-order chi connectivity index (χ0) is 15.6. The molecular formula is C13H19ClFN3O2S. The third-order valence-electron chi connectivity index (χ3n) is 3.72. The Balaban J connectivity index is 2.16. The lowest BCUT2D eigenvalue weighted by Gasteiger charge is -2.23. The van der Waals surface area contributed by atoms with Crippen molar-refractivity contribution in [3.05, 3.63) is 23.0 Å². The molecule has 0 bridgehead atoms. The number of likely N-dealkylation sites (N-methyl/N-ethyl adjacent to an activating group) is 1. The summed E-state index contributed by atoms with van der Waals surface area (Å²) in [4.78, 5) is 1.69. The molecule has 1 atom stereocenters. The number of nitrogens with two attached hydrogens (primary N) is 1. The predicted molar refractivity (Wildman–Crippen MR) is 81.3 cm³/mol. The van der Waals surface area contributed by atoms with Gasteiger partial charge in [-0.05, 0) is 38.1 Å². The average Bonchev–Trinajstić information content (AvgIpc) is 2.88. The van der Waals surface area contributed by atoms with Crippen molar-refractivity contribution in [2.75, 3.05) is 25.4 Å². The Bertz CT molecular complexity index is 624. The molecule has 1 aliphatic heterocycles. The predicted octanol–water partition coefficient (Wildman–Crippen LogP) is 1.82. The Morgan fingerprint density at radius 2 is 2.24 bits per heavy atom. The van der Waals surface area contributed by atoms with Crippen LogP contribution in [-0.4, -0.2) is 39.0 Å². The molecule has 0 aromatic heterocycles. The van der Waals surface area contributed by atoms with Crippen molar-refractivity contribution < 1.29 is 12.8 Å². The zero-order valence-electron chi connectivity index (χ0n) is 11.8. The molecule has 1 aliphatic rings. The van der Waals surface area contributed by atoms with Gasteiger partial charge >= 0.3 is 0 Å². The van der Waals surface area contributed by atoms with Gasteiger partial charge in [-0.3, -0.25) is 4.90 Å². The first-order valence-electron chi connectivity index (χ1n) is 6.83. The maximum absolute atomic E-state index is 13.9. The Morgan fingerprint density at radius 3 is 2.90 bits per heavy atom. The van der Waals surface area contributed by atoms with Gasteiger partial charge in [0.15, 0.2) is 5.82 Å². The molecule has 1 fully saturated rings. The van der Waals surface area contributed by atoms with E-state index in [1.54, 1.807) is 0 Å². The second kappa shape index (κ2) is 6.48. The average molecular weight is 336 g/mol. The molecule has 0 radical (unpaired) electrons. The SMILES string of the molecule is CCN1CCCC1CNS(=O)(=O)c1cc(N)cc(Cl)c1F. The molecule has 0 amide bonds. The number of anilines is 1. The van der Waals surface area contributed by atoms with Crippen molar-refractivity contribution in [3.8, 4) is 0 Å². The van der Waals surface area contributed by atoms with Crippen LogP contribution in [0.4, 0.5) is 10.1 Å². The quantitative estimate of drug-likeness (QED) is 0.805. The smallest absolute Gasteiger partial charge is 0.243 e. The minimum atomic E-state index is -3.97. The van der Waals surface area contributed by atoms with E-state index in [1.165, 1.54) is 6.07 Å². The molecule has 1 aromatic rings. The topological polar surface area (TPSA) is 75.4 Å². The first-order valence-corrected chi connectivity index (χ1v) is 8.69. The highest BCUT2D eigenvalue weighted by atomic mass is 35.5. The summed E-state index contributed by atoms with van der Waals surface area (Å²) < 4.78 is 40.8. The lowest BCUT2D eigenvalue weighted by molar-refractivity contribution is 0.268. The molecule has 8 heteroatoms. The third-order valence-corrected chi connectivity index (χ3v) is 5.42. The van der Waals surface area contributed by atoms with Crippen LogP contribution in [0.2, 0.25) is 5.02 Å². The van der Waals surface area contributed by atoms with Crippen molar-refractivity contribution in [3.63, 3.8) is 0 Å². The van der Waals surface area contributed by atoms with Gasteiger partial charge < -0.3 is 5.73 Å². The molecule has 1 heterocycles. The van der Waals surface area contributed by atoms with Crippen LogP contribution in [0, 0.1) is 5.82 Å². The molecule has 0 aliphatic carbocycles. The second-order valence-corrected chi connectivity index (χ2v) is 7.23. The van der Waals surface area contributed by atoms with E-state index in [4.69, 9.17) is 17.3 Å². The van der Waals surface area contributed by atoms with Gasteiger partial charge in [0.05, 0.1) is 5.02 Å². The van der Waals surface area contributed by atoms with Gasteiger partial charge in [0.25, 0.3) is 0 Å². The van der Waals surface area contributed by atoms with Crippen LogP contribution < -0.4 is 10.5 Å². The van der Waals surface area contributed by atoms with Gasteiger partial charge in [0.2, 0.25) is 10.0 Å². The Morgan fingerprint density at radius 1 is 1.52 bits per heavy atom. The van der Waals surface area contributed by atoms with E-state index in [0.717, 1.165) is 32.0 Å². The van der Waals surface area contributed by atoms with Crippen LogP contribution in [0.5, 0.6) is 0 Å². The Kier molecular flexibility index (Phi) is 5.08. The van der Waals surface area contributed by atoms with Crippen molar-refractivity contribution in [1.82, 2.24) is 9.62 Å². The first-order chi connectivity index (χ1) is 9.85.